The number of piperidine rings is 1. The number of hydrogen-bond donors (Lipinski definition) is 2. The monoisotopic (exact) mass is 371 g/mol. The lowest BCUT2D eigenvalue weighted by atomic mass is 10.1. The van der Waals surface area contributed by atoms with Crippen molar-refractivity contribution in [2.24, 2.45) is 0 Å². The fraction of sp³-hybridized carbons (Fsp3) is 0.500. The van der Waals surface area contributed by atoms with Crippen LogP contribution in [0.4, 0.5) is 17.5 Å². The number of nitrogens with zero attached hydrogens (tertiary/aromatic N) is 3. The molecule has 146 valence electrons. The summed E-state index contributed by atoms with van der Waals surface area (Å²) in [4.78, 5) is 11.1. The van der Waals surface area contributed by atoms with Gasteiger partial charge >= 0.3 is 0 Å². The zero-order valence-corrected chi connectivity index (χ0v) is 16.2. The molecule has 7 heteroatoms. The van der Waals surface area contributed by atoms with Gasteiger partial charge in [0.2, 0.25) is 5.95 Å². The number of anilines is 3. The van der Waals surface area contributed by atoms with E-state index in [-0.39, 0.29) is 0 Å². The molecule has 0 aliphatic carbocycles. The Labute approximate surface area is 161 Å². The molecule has 0 atom stereocenters. The third-order valence-corrected chi connectivity index (χ3v) is 4.66. The highest BCUT2D eigenvalue weighted by Crippen LogP contribution is 2.31. The van der Waals surface area contributed by atoms with E-state index in [9.17, 15) is 0 Å². The van der Waals surface area contributed by atoms with Crippen LogP contribution in [0.2, 0.25) is 0 Å². The summed E-state index contributed by atoms with van der Waals surface area (Å²) in [7, 11) is 3.48. The van der Waals surface area contributed by atoms with Gasteiger partial charge in [-0.3, -0.25) is 0 Å². The average molecular weight is 371 g/mol. The van der Waals surface area contributed by atoms with E-state index in [1.807, 2.05) is 31.3 Å². The summed E-state index contributed by atoms with van der Waals surface area (Å²) in [6, 6.07) is 7.56. The van der Waals surface area contributed by atoms with Crippen LogP contribution in [0.1, 0.15) is 25.7 Å². The largest absolute Gasteiger partial charge is 0.493 e. The van der Waals surface area contributed by atoms with Gasteiger partial charge in [0.15, 0.2) is 11.5 Å². The van der Waals surface area contributed by atoms with E-state index in [0.717, 1.165) is 36.0 Å². The second-order valence-corrected chi connectivity index (χ2v) is 6.61. The maximum Gasteiger partial charge on any atom is 0.229 e. The highest BCUT2D eigenvalue weighted by molar-refractivity contribution is 5.60. The first-order valence-electron chi connectivity index (χ1n) is 9.59. The van der Waals surface area contributed by atoms with Gasteiger partial charge in [-0.25, -0.2) is 4.98 Å². The van der Waals surface area contributed by atoms with E-state index in [4.69, 9.17) is 9.47 Å². The van der Waals surface area contributed by atoms with Crippen LogP contribution in [-0.2, 0) is 0 Å². The molecule has 2 N–H and O–H groups in total. The molecule has 0 saturated carbocycles. The minimum Gasteiger partial charge on any atom is -0.493 e. The van der Waals surface area contributed by atoms with Gasteiger partial charge in [0.25, 0.3) is 0 Å². The molecule has 0 amide bonds. The van der Waals surface area contributed by atoms with Crippen LogP contribution in [0.3, 0.4) is 0 Å². The Bertz CT molecular complexity index is 719. The predicted octanol–water partition coefficient (Wildman–Crippen LogP) is 3.53. The van der Waals surface area contributed by atoms with Crippen LogP contribution in [0.15, 0.2) is 30.5 Å². The Kier molecular flexibility index (Phi) is 7.10. The number of likely N-dealkylation sites (tertiary alicyclic amines) is 1. The summed E-state index contributed by atoms with van der Waals surface area (Å²) in [5, 5.41) is 6.21. The second kappa shape index (κ2) is 9.97. The van der Waals surface area contributed by atoms with Gasteiger partial charge in [0, 0.05) is 31.5 Å². The van der Waals surface area contributed by atoms with E-state index in [2.05, 4.69) is 25.5 Å². The number of aromatic nitrogens is 2. The summed E-state index contributed by atoms with van der Waals surface area (Å²) in [6.07, 6.45) is 6.72. The van der Waals surface area contributed by atoms with Gasteiger partial charge < -0.3 is 25.0 Å². The highest BCUT2D eigenvalue weighted by Gasteiger charge is 2.11. The molecule has 2 aromatic rings. The predicted molar refractivity (Wildman–Crippen MR) is 108 cm³/mol. The quantitative estimate of drug-likeness (QED) is 0.653. The molecule has 0 radical (unpaired) electrons. The first-order chi connectivity index (χ1) is 13.3. The molecular weight excluding hydrogens is 342 g/mol. The molecule has 2 heterocycles. The van der Waals surface area contributed by atoms with E-state index < -0.39 is 0 Å². The molecule has 1 aromatic carbocycles. The maximum absolute atomic E-state index is 6.00. The van der Waals surface area contributed by atoms with E-state index >= 15 is 0 Å². The van der Waals surface area contributed by atoms with Crippen LogP contribution >= 0.6 is 0 Å². The standard InChI is InChI=1S/C20H29N5O2/c1-21-19-9-10-22-20(24-19)23-16-7-8-17(26-2)18(15-16)27-14-6-13-25-11-4-3-5-12-25/h7-10,15H,3-6,11-14H2,1-2H3,(H2,21,22,23,24). The molecular formula is C20H29N5O2. The molecule has 7 nitrogen and oxygen atoms in total. The van der Waals surface area contributed by atoms with Crippen molar-refractivity contribution in [2.75, 3.05) is 51.0 Å². The zero-order valence-electron chi connectivity index (χ0n) is 16.2. The molecule has 1 aliphatic rings. The van der Waals surface area contributed by atoms with Gasteiger partial charge in [-0.15, -0.1) is 0 Å². The topological polar surface area (TPSA) is 71.5 Å². The summed E-state index contributed by atoms with van der Waals surface area (Å²) in [5.41, 5.74) is 0.857. The Hall–Kier alpha value is -2.54. The molecule has 3 rings (SSSR count). The van der Waals surface area contributed by atoms with Crippen LogP contribution in [0.5, 0.6) is 11.5 Å². The maximum atomic E-state index is 6.00. The van der Waals surface area contributed by atoms with E-state index in [1.54, 1.807) is 13.3 Å². The molecule has 0 bridgehead atoms. The van der Waals surface area contributed by atoms with Crippen LogP contribution < -0.4 is 20.1 Å². The number of ether oxygens (including phenoxy) is 2. The molecule has 0 spiro atoms. The van der Waals surface area contributed by atoms with Crippen molar-refractivity contribution in [3.63, 3.8) is 0 Å². The lowest BCUT2D eigenvalue weighted by Gasteiger charge is -2.26. The van der Waals surface area contributed by atoms with Crippen molar-refractivity contribution in [3.05, 3.63) is 30.5 Å². The van der Waals surface area contributed by atoms with Crippen molar-refractivity contribution >= 4 is 17.5 Å². The average Bonchev–Trinajstić information content (AvgIpc) is 2.72. The zero-order chi connectivity index (χ0) is 18.9. The minimum atomic E-state index is 0.531. The van der Waals surface area contributed by atoms with E-state index in [1.165, 1.54) is 32.4 Å². The molecule has 1 saturated heterocycles. The Morgan fingerprint density at radius 2 is 1.96 bits per heavy atom. The lowest BCUT2D eigenvalue weighted by Crippen LogP contribution is -2.31. The van der Waals surface area contributed by atoms with Gasteiger partial charge in [0.05, 0.1) is 13.7 Å². The number of benzene rings is 1. The van der Waals surface area contributed by atoms with Crippen molar-refractivity contribution in [3.8, 4) is 11.5 Å². The number of methoxy groups -OCH3 is 1. The van der Waals surface area contributed by atoms with Gasteiger partial charge in [0.1, 0.15) is 5.82 Å². The Balaban J connectivity index is 1.57. The lowest BCUT2D eigenvalue weighted by molar-refractivity contribution is 0.203. The van der Waals surface area contributed by atoms with E-state index in [0.29, 0.717) is 12.6 Å². The smallest absolute Gasteiger partial charge is 0.229 e. The number of rotatable bonds is 9. The minimum absolute atomic E-state index is 0.531. The van der Waals surface area contributed by atoms with Crippen molar-refractivity contribution < 1.29 is 9.47 Å². The Morgan fingerprint density at radius 1 is 1.11 bits per heavy atom. The molecule has 1 aliphatic heterocycles. The summed E-state index contributed by atoms with van der Waals surface area (Å²) < 4.78 is 11.4. The van der Waals surface area contributed by atoms with Crippen molar-refractivity contribution in [1.82, 2.24) is 14.9 Å². The number of hydrogen-bond acceptors (Lipinski definition) is 7. The fourth-order valence-electron chi connectivity index (χ4n) is 3.21. The third-order valence-electron chi connectivity index (χ3n) is 4.66. The fourth-order valence-corrected chi connectivity index (χ4v) is 3.21. The van der Waals surface area contributed by atoms with Gasteiger partial charge in [-0.2, -0.15) is 4.98 Å². The van der Waals surface area contributed by atoms with Crippen molar-refractivity contribution in [1.29, 1.82) is 0 Å². The second-order valence-electron chi connectivity index (χ2n) is 6.61. The third kappa shape index (κ3) is 5.72. The first-order valence-corrected chi connectivity index (χ1v) is 9.59. The Morgan fingerprint density at radius 3 is 2.74 bits per heavy atom. The molecule has 0 unspecified atom stereocenters. The summed E-state index contributed by atoms with van der Waals surface area (Å²) >= 11 is 0. The summed E-state index contributed by atoms with van der Waals surface area (Å²) in [6.45, 7) is 4.19. The molecule has 27 heavy (non-hydrogen) atoms. The number of nitrogens with one attached hydrogen (secondary N) is 2. The van der Waals surface area contributed by atoms with Crippen LogP contribution in [0.25, 0.3) is 0 Å². The molecule has 1 aromatic heterocycles. The van der Waals surface area contributed by atoms with Crippen LogP contribution in [0, 0.1) is 0 Å². The van der Waals surface area contributed by atoms with Crippen molar-refractivity contribution in [2.45, 2.75) is 25.7 Å². The van der Waals surface area contributed by atoms with Gasteiger partial charge in [-0.1, -0.05) is 6.42 Å². The van der Waals surface area contributed by atoms with Gasteiger partial charge in [-0.05, 0) is 50.6 Å². The highest BCUT2D eigenvalue weighted by atomic mass is 16.5. The SMILES string of the molecule is CNc1ccnc(Nc2ccc(OC)c(OCCCN3CCCCC3)c2)n1. The summed E-state index contributed by atoms with van der Waals surface area (Å²) in [5.74, 6) is 2.74. The molecule has 1 fully saturated rings. The first kappa shape index (κ1) is 19.2. The van der Waals surface area contributed by atoms with Crippen LogP contribution in [-0.4, -0.2) is 55.3 Å². The normalized spacial score (nSPS) is 14.6.